The number of rotatable bonds is 6. The zero-order valence-corrected chi connectivity index (χ0v) is 10.2. The van der Waals surface area contributed by atoms with Crippen molar-refractivity contribution in [3.63, 3.8) is 0 Å². The Bertz CT molecular complexity index is 449. The van der Waals surface area contributed by atoms with Crippen LogP contribution in [-0.2, 0) is 4.74 Å². The van der Waals surface area contributed by atoms with Crippen molar-refractivity contribution < 1.29 is 9.53 Å². The Morgan fingerprint density at radius 3 is 3.29 bits per heavy atom. The van der Waals surface area contributed by atoms with E-state index in [0.29, 0.717) is 24.4 Å². The molecule has 7 heteroatoms. The van der Waals surface area contributed by atoms with E-state index in [1.54, 1.807) is 13.0 Å². The van der Waals surface area contributed by atoms with Crippen LogP contribution in [0.5, 0.6) is 0 Å². The lowest BCUT2D eigenvalue weighted by Gasteiger charge is -1.95. The molecule has 0 radical (unpaired) electrons. The molecule has 0 aliphatic heterocycles. The fourth-order valence-electron chi connectivity index (χ4n) is 1.02. The van der Waals surface area contributed by atoms with E-state index in [0.717, 1.165) is 5.01 Å². The quantitative estimate of drug-likeness (QED) is 0.256. The molecule has 0 atom stereocenters. The first kappa shape index (κ1) is 13.2. The monoisotopic (exact) mass is 252 g/mol. The minimum atomic E-state index is -0.348. The summed E-state index contributed by atoms with van der Waals surface area (Å²) in [5, 5.41) is 4.13. The van der Waals surface area contributed by atoms with Gasteiger partial charge in [0.1, 0.15) is 9.88 Å². The molecule has 17 heavy (non-hydrogen) atoms. The average molecular weight is 252 g/mol. The van der Waals surface area contributed by atoms with Crippen LogP contribution in [0.2, 0.25) is 0 Å². The molecule has 0 aliphatic carbocycles. The first-order chi connectivity index (χ1) is 8.27. The number of nitrogens with zero attached hydrogens (tertiary/aromatic N) is 4. The third-order valence-electron chi connectivity index (χ3n) is 1.72. The summed E-state index contributed by atoms with van der Waals surface area (Å²) in [6.07, 6.45) is 5.79. The van der Waals surface area contributed by atoms with Gasteiger partial charge in [-0.1, -0.05) is 11.2 Å². The Hall–Kier alpha value is -1.85. The Morgan fingerprint density at radius 2 is 2.59 bits per heavy atom. The molecule has 1 aromatic heterocycles. The molecular formula is C10H12N4O2S. The molecule has 0 saturated heterocycles. The van der Waals surface area contributed by atoms with Crippen LogP contribution in [0.3, 0.4) is 0 Å². The van der Waals surface area contributed by atoms with Crippen LogP contribution in [0.25, 0.3) is 16.5 Å². The Labute approximate surface area is 103 Å². The highest BCUT2D eigenvalue weighted by Gasteiger charge is 2.09. The number of thiazole rings is 1. The van der Waals surface area contributed by atoms with Gasteiger partial charge in [-0.15, -0.1) is 11.3 Å². The van der Waals surface area contributed by atoms with Crippen molar-refractivity contribution in [1.29, 1.82) is 0 Å². The molecule has 1 aromatic rings. The first-order valence-corrected chi connectivity index (χ1v) is 5.90. The van der Waals surface area contributed by atoms with Gasteiger partial charge in [0.25, 0.3) is 0 Å². The number of ether oxygens (including phenoxy) is 1. The van der Waals surface area contributed by atoms with Crippen molar-refractivity contribution in [2.45, 2.75) is 13.3 Å². The van der Waals surface area contributed by atoms with E-state index in [2.05, 4.69) is 15.0 Å². The zero-order valence-electron chi connectivity index (χ0n) is 9.37. The van der Waals surface area contributed by atoms with E-state index < -0.39 is 0 Å². The van der Waals surface area contributed by atoms with E-state index in [9.17, 15) is 4.79 Å². The number of hydrogen-bond acceptors (Lipinski definition) is 5. The molecule has 0 N–H and O–H groups in total. The Morgan fingerprint density at radius 1 is 1.76 bits per heavy atom. The van der Waals surface area contributed by atoms with Gasteiger partial charge in [-0.3, -0.25) is 0 Å². The van der Waals surface area contributed by atoms with E-state index >= 15 is 0 Å². The van der Waals surface area contributed by atoms with Crippen molar-refractivity contribution >= 4 is 23.4 Å². The second-order valence-electron chi connectivity index (χ2n) is 2.93. The lowest BCUT2D eigenvalue weighted by atomic mass is 10.4. The first-order valence-electron chi connectivity index (χ1n) is 5.08. The summed E-state index contributed by atoms with van der Waals surface area (Å²) in [5.74, 6) is -0.348. The second kappa shape index (κ2) is 7.43. The highest BCUT2D eigenvalue weighted by Crippen LogP contribution is 2.15. The summed E-state index contributed by atoms with van der Waals surface area (Å²) in [6.45, 7) is 2.53. The van der Waals surface area contributed by atoms with E-state index in [1.807, 2.05) is 6.08 Å². The average Bonchev–Trinajstić information content (AvgIpc) is 2.78. The van der Waals surface area contributed by atoms with E-state index in [1.165, 1.54) is 17.5 Å². The highest BCUT2D eigenvalue weighted by molar-refractivity contribution is 7.14. The van der Waals surface area contributed by atoms with Gasteiger partial charge in [-0.25, -0.2) is 9.78 Å². The molecule has 0 aliphatic rings. The largest absolute Gasteiger partial charge is 0.462 e. The van der Waals surface area contributed by atoms with Crippen LogP contribution in [0.4, 0.5) is 0 Å². The molecular weight excluding hydrogens is 240 g/mol. The summed E-state index contributed by atoms with van der Waals surface area (Å²) in [4.78, 5) is 18.5. The molecule has 0 aromatic carbocycles. The van der Waals surface area contributed by atoms with Gasteiger partial charge in [0.05, 0.1) is 12.8 Å². The van der Waals surface area contributed by atoms with Gasteiger partial charge in [0.2, 0.25) is 0 Å². The molecule has 0 spiro atoms. The van der Waals surface area contributed by atoms with E-state index in [-0.39, 0.29) is 5.97 Å². The molecule has 0 saturated carbocycles. The number of carbonyl (C=O) groups excluding carboxylic acids is 1. The van der Waals surface area contributed by atoms with Crippen molar-refractivity contribution in [2.75, 3.05) is 13.2 Å². The molecule has 0 unspecified atom stereocenters. The summed E-state index contributed by atoms with van der Waals surface area (Å²) in [6, 6.07) is 0. The van der Waals surface area contributed by atoms with Crippen LogP contribution in [0, 0.1) is 0 Å². The van der Waals surface area contributed by atoms with Gasteiger partial charge in [-0.2, -0.15) is 0 Å². The number of azide groups is 1. The summed E-state index contributed by atoms with van der Waals surface area (Å²) >= 11 is 1.27. The smallest absolute Gasteiger partial charge is 0.349 e. The summed E-state index contributed by atoms with van der Waals surface area (Å²) in [5.41, 5.74) is 8.07. The van der Waals surface area contributed by atoms with Gasteiger partial charge < -0.3 is 4.74 Å². The lowest BCUT2D eigenvalue weighted by molar-refractivity contribution is 0.0532. The summed E-state index contributed by atoms with van der Waals surface area (Å²) in [7, 11) is 0. The topological polar surface area (TPSA) is 88.0 Å². The molecule has 0 amide bonds. The number of carbonyl (C=O) groups is 1. The van der Waals surface area contributed by atoms with E-state index in [4.69, 9.17) is 10.3 Å². The third kappa shape index (κ3) is 4.67. The number of hydrogen-bond donors (Lipinski definition) is 0. The standard InChI is InChI=1S/C10H12N4O2S/c1-2-16-10(15)8-7-12-9(17-8)5-3-4-6-13-14-11/h3,5,7H,2,4,6H2,1H3. The maximum Gasteiger partial charge on any atom is 0.349 e. The third-order valence-corrected chi connectivity index (χ3v) is 2.66. The van der Waals surface area contributed by atoms with Crippen molar-refractivity contribution in [2.24, 2.45) is 5.11 Å². The maximum absolute atomic E-state index is 11.3. The van der Waals surface area contributed by atoms with Crippen molar-refractivity contribution in [1.82, 2.24) is 4.98 Å². The van der Waals surface area contributed by atoms with Gasteiger partial charge in [-0.05, 0) is 25.0 Å². The summed E-state index contributed by atoms with van der Waals surface area (Å²) < 4.78 is 4.85. The van der Waals surface area contributed by atoms with Gasteiger partial charge in [0.15, 0.2) is 0 Å². The van der Waals surface area contributed by atoms with Crippen LogP contribution < -0.4 is 0 Å². The van der Waals surface area contributed by atoms with Crippen LogP contribution >= 0.6 is 11.3 Å². The number of esters is 1. The Balaban J connectivity index is 2.50. The minimum Gasteiger partial charge on any atom is -0.462 e. The number of aromatic nitrogens is 1. The molecule has 0 bridgehead atoms. The minimum absolute atomic E-state index is 0.348. The molecule has 90 valence electrons. The second-order valence-corrected chi connectivity index (χ2v) is 3.99. The zero-order chi connectivity index (χ0) is 12.5. The highest BCUT2D eigenvalue weighted by atomic mass is 32.1. The predicted molar refractivity (Wildman–Crippen MR) is 65.7 cm³/mol. The fourth-order valence-corrected chi connectivity index (χ4v) is 1.77. The fraction of sp³-hybridized carbons (Fsp3) is 0.400. The Kier molecular flexibility index (Phi) is 5.77. The van der Waals surface area contributed by atoms with Crippen LogP contribution in [-0.4, -0.2) is 24.1 Å². The van der Waals surface area contributed by atoms with Gasteiger partial charge in [0, 0.05) is 11.5 Å². The van der Waals surface area contributed by atoms with Crippen LogP contribution in [0.1, 0.15) is 28.0 Å². The molecule has 1 rings (SSSR count). The molecule has 0 fully saturated rings. The molecule has 1 heterocycles. The maximum atomic E-state index is 11.3. The molecule has 6 nitrogen and oxygen atoms in total. The van der Waals surface area contributed by atoms with Gasteiger partial charge >= 0.3 is 5.97 Å². The van der Waals surface area contributed by atoms with Crippen LogP contribution in [0.15, 0.2) is 17.4 Å². The van der Waals surface area contributed by atoms with Crippen molar-refractivity contribution in [3.8, 4) is 0 Å². The SMILES string of the molecule is CCOC(=O)c1cnc(C=CCCN=[N+]=[N-])s1. The predicted octanol–water partition coefficient (Wildman–Crippen LogP) is 3.03. The lowest BCUT2D eigenvalue weighted by Crippen LogP contribution is -2.01. The normalized spacial score (nSPS) is 10.2. The van der Waals surface area contributed by atoms with Crippen molar-refractivity contribution in [3.05, 3.63) is 32.6 Å².